The molecule has 1 unspecified atom stereocenters. The second-order valence-corrected chi connectivity index (χ2v) is 6.14. The van der Waals surface area contributed by atoms with Crippen molar-refractivity contribution in [2.45, 2.75) is 43.0 Å². The fourth-order valence-electron chi connectivity index (χ4n) is 3.37. The van der Waals surface area contributed by atoms with Gasteiger partial charge >= 0.3 is 0 Å². The van der Waals surface area contributed by atoms with Crippen LogP contribution in [0.1, 0.15) is 36.3 Å². The highest BCUT2D eigenvalue weighted by molar-refractivity contribution is 7.80. The molecule has 0 aliphatic carbocycles. The molecule has 4 radical (unpaired) electrons. The van der Waals surface area contributed by atoms with Gasteiger partial charge in [-0.05, 0) is 48.8 Å². The average Bonchev–Trinajstić information content (AvgIpc) is 3.04. The maximum absolute atomic E-state index is 6.28. The van der Waals surface area contributed by atoms with Gasteiger partial charge < -0.3 is 10.6 Å². The highest BCUT2D eigenvalue weighted by Gasteiger charge is 2.30. The van der Waals surface area contributed by atoms with Crippen LogP contribution < -0.4 is 21.6 Å². The lowest BCUT2D eigenvalue weighted by molar-refractivity contribution is 0.510. The summed E-state index contributed by atoms with van der Waals surface area (Å²) >= 11 is 4.52. The molecule has 3 rings (SSSR count). The van der Waals surface area contributed by atoms with Crippen LogP contribution in [0.5, 0.6) is 0 Å². The quantitative estimate of drug-likeness (QED) is 0.538. The summed E-state index contributed by atoms with van der Waals surface area (Å²) in [6.07, 6.45) is 3.67. The van der Waals surface area contributed by atoms with E-state index in [1.54, 1.807) is 0 Å². The zero-order chi connectivity index (χ0) is 13.6. The van der Waals surface area contributed by atoms with E-state index in [-0.39, 0.29) is 0 Å². The molecule has 0 saturated carbocycles. The zero-order valence-electron chi connectivity index (χ0n) is 11.3. The van der Waals surface area contributed by atoms with E-state index in [0.29, 0.717) is 12.0 Å². The highest BCUT2D eigenvalue weighted by atomic mass is 32.1. The van der Waals surface area contributed by atoms with Gasteiger partial charge in [-0.2, -0.15) is 0 Å². The van der Waals surface area contributed by atoms with E-state index in [1.165, 1.54) is 18.4 Å². The number of rotatable bonds is 2. The number of hydrogen-bond donors (Lipinski definition) is 3. The summed E-state index contributed by atoms with van der Waals surface area (Å²) in [4.78, 5) is 0.837. The van der Waals surface area contributed by atoms with Crippen molar-refractivity contribution in [3.63, 3.8) is 0 Å². The van der Waals surface area contributed by atoms with E-state index < -0.39 is 0 Å². The summed E-state index contributed by atoms with van der Waals surface area (Å²) in [5.74, 6) is 0.444. The fourth-order valence-corrected chi connectivity index (χ4v) is 3.61. The Hall–Kier alpha value is -0.540. The minimum Gasteiger partial charge on any atom is -0.385 e. The third-order valence-corrected chi connectivity index (χ3v) is 5.08. The van der Waals surface area contributed by atoms with Gasteiger partial charge in [-0.3, -0.25) is 0 Å². The van der Waals surface area contributed by atoms with E-state index in [2.05, 4.69) is 23.3 Å². The Kier molecular flexibility index (Phi) is 3.61. The first-order valence-electron chi connectivity index (χ1n) is 6.97. The van der Waals surface area contributed by atoms with E-state index in [9.17, 15) is 0 Å². The van der Waals surface area contributed by atoms with E-state index in [4.69, 9.17) is 15.7 Å². The third kappa shape index (κ3) is 2.21. The van der Waals surface area contributed by atoms with Crippen molar-refractivity contribution in [1.82, 2.24) is 5.32 Å². The van der Waals surface area contributed by atoms with E-state index in [0.717, 1.165) is 46.6 Å². The molecule has 2 aliphatic heterocycles. The van der Waals surface area contributed by atoms with Gasteiger partial charge in [0.25, 0.3) is 0 Å². The lowest BCUT2D eigenvalue weighted by atomic mass is 9.76. The SMILES string of the molecule is [B]c1c(C)c(S)c([B])c2c1NCC2C[C@H]1CCCN1. The fraction of sp³-hybridized carbons (Fsp3) is 0.571. The molecular weight excluding hydrogens is 250 g/mol. The highest BCUT2D eigenvalue weighted by Crippen LogP contribution is 2.34. The molecule has 19 heavy (non-hydrogen) atoms. The van der Waals surface area contributed by atoms with Crippen molar-refractivity contribution < 1.29 is 0 Å². The van der Waals surface area contributed by atoms with Crippen molar-refractivity contribution in [1.29, 1.82) is 0 Å². The Morgan fingerprint density at radius 1 is 1.32 bits per heavy atom. The van der Waals surface area contributed by atoms with Gasteiger partial charge in [-0.1, -0.05) is 10.9 Å². The summed E-state index contributed by atoms with van der Waals surface area (Å²) in [6.45, 7) is 4.04. The van der Waals surface area contributed by atoms with Crippen LogP contribution in [0, 0.1) is 6.92 Å². The van der Waals surface area contributed by atoms with Crippen molar-refractivity contribution >= 4 is 44.9 Å². The van der Waals surface area contributed by atoms with Crippen molar-refractivity contribution in [3.8, 4) is 0 Å². The Labute approximate surface area is 123 Å². The molecule has 2 aliphatic rings. The number of hydrogen-bond acceptors (Lipinski definition) is 3. The van der Waals surface area contributed by atoms with Gasteiger partial charge in [0.15, 0.2) is 0 Å². The number of fused-ring (bicyclic) bond motifs is 1. The molecule has 1 aromatic rings. The maximum atomic E-state index is 6.28. The maximum Gasteiger partial charge on any atom is 0.117 e. The molecule has 96 valence electrons. The number of thiol groups is 1. The van der Waals surface area contributed by atoms with Crippen LogP contribution in [-0.2, 0) is 0 Å². The van der Waals surface area contributed by atoms with Crippen LogP contribution in [0.4, 0.5) is 5.69 Å². The van der Waals surface area contributed by atoms with Crippen molar-refractivity contribution in [2.24, 2.45) is 0 Å². The Morgan fingerprint density at radius 2 is 2.11 bits per heavy atom. The first-order chi connectivity index (χ1) is 9.09. The van der Waals surface area contributed by atoms with Crippen LogP contribution in [-0.4, -0.2) is 34.8 Å². The molecule has 1 aromatic carbocycles. The van der Waals surface area contributed by atoms with E-state index in [1.807, 2.05) is 6.92 Å². The number of anilines is 1. The second-order valence-electron chi connectivity index (χ2n) is 5.70. The molecule has 2 nitrogen and oxygen atoms in total. The molecule has 0 bridgehead atoms. The first-order valence-corrected chi connectivity index (χ1v) is 7.42. The Morgan fingerprint density at radius 3 is 2.79 bits per heavy atom. The molecular formula is C14H18B2N2S. The summed E-state index contributed by atoms with van der Waals surface area (Å²) in [5.41, 5.74) is 4.80. The molecule has 1 saturated heterocycles. The summed E-state index contributed by atoms with van der Waals surface area (Å²) in [5, 5.41) is 6.99. The predicted molar refractivity (Wildman–Crippen MR) is 86.1 cm³/mol. The average molecular weight is 268 g/mol. The van der Waals surface area contributed by atoms with E-state index >= 15 is 0 Å². The number of benzene rings is 1. The molecule has 2 atom stereocenters. The van der Waals surface area contributed by atoms with Gasteiger partial charge in [0.2, 0.25) is 0 Å². The molecule has 2 heterocycles. The van der Waals surface area contributed by atoms with Gasteiger partial charge in [-0.25, -0.2) is 0 Å². The summed E-state index contributed by atoms with van der Waals surface area (Å²) < 4.78 is 0. The molecule has 0 amide bonds. The minimum atomic E-state index is 0.444. The van der Waals surface area contributed by atoms with Crippen LogP contribution >= 0.6 is 12.6 Å². The monoisotopic (exact) mass is 268 g/mol. The van der Waals surface area contributed by atoms with Gasteiger partial charge in [0, 0.05) is 24.2 Å². The largest absolute Gasteiger partial charge is 0.385 e. The lowest BCUT2D eigenvalue weighted by Crippen LogP contribution is -2.27. The molecule has 2 N–H and O–H groups in total. The topological polar surface area (TPSA) is 24.1 Å². The van der Waals surface area contributed by atoms with Gasteiger partial charge in [0.05, 0.1) is 0 Å². The van der Waals surface area contributed by atoms with Crippen molar-refractivity contribution in [2.75, 3.05) is 18.4 Å². The lowest BCUT2D eigenvalue weighted by Gasteiger charge is -2.21. The van der Waals surface area contributed by atoms with Crippen LogP contribution in [0.25, 0.3) is 0 Å². The van der Waals surface area contributed by atoms with Crippen molar-refractivity contribution in [3.05, 3.63) is 11.1 Å². The predicted octanol–water partition coefficient (Wildman–Crippen LogP) is 0.523. The van der Waals surface area contributed by atoms with Crippen LogP contribution in [0.15, 0.2) is 4.90 Å². The zero-order valence-corrected chi connectivity index (χ0v) is 12.2. The molecule has 1 fully saturated rings. The normalized spacial score (nSPS) is 25.4. The smallest absolute Gasteiger partial charge is 0.117 e. The van der Waals surface area contributed by atoms with Gasteiger partial charge in [-0.15, -0.1) is 12.6 Å². The third-order valence-electron chi connectivity index (χ3n) is 4.51. The summed E-state index contributed by atoms with van der Waals surface area (Å²) in [6, 6.07) is 0.614. The second kappa shape index (κ2) is 5.10. The minimum absolute atomic E-state index is 0.444. The molecule has 5 heteroatoms. The first kappa shape index (κ1) is 13.4. The van der Waals surface area contributed by atoms with Gasteiger partial charge in [0.1, 0.15) is 15.7 Å². The molecule has 0 aromatic heterocycles. The van der Waals surface area contributed by atoms with Crippen LogP contribution in [0.2, 0.25) is 0 Å². The summed E-state index contributed by atoms with van der Waals surface area (Å²) in [7, 11) is 12.5. The Bertz CT molecular complexity index is 513. The van der Waals surface area contributed by atoms with Crippen LogP contribution in [0.3, 0.4) is 0 Å². The Balaban J connectivity index is 1.95. The molecule has 0 spiro atoms. The number of nitrogens with one attached hydrogen (secondary N) is 2. The standard InChI is InChI=1S/C14H18B2N2S/c1-7-11(15)13-10(12(16)14(7)19)8(6-18-13)5-9-3-2-4-17-9/h8-9,17-19H,2-6H2,1H3/t8?,9-/m1/s1.